The molecule has 1 fully saturated rings. The van der Waals surface area contributed by atoms with E-state index < -0.39 is 5.60 Å². The van der Waals surface area contributed by atoms with E-state index in [0.717, 1.165) is 0 Å². The molecule has 0 saturated carbocycles. The molecule has 2 N–H and O–H groups in total. The van der Waals surface area contributed by atoms with Gasteiger partial charge in [-0.2, -0.15) is 0 Å². The summed E-state index contributed by atoms with van der Waals surface area (Å²) in [5.74, 6) is -0.175. The van der Waals surface area contributed by atoms with Crippen LogP contribution in [0.1, 0.15) is 49.9 Å². The van der Waals surface area contributed by atoms with Crippen molar-refractivity contribution in [2.45, 2.75) is 45.1 Å². The zero-order chi connectivity index (χ0) is 16.9. The topological polar surface area (TPSA) is 82.8 Å². The van der Waals surface area contributed by atoms with Crippen molar-refractivity contribution in [3.63, 3.8) is 0 Å². The van der Waals surface area contributed by atoms with Crippen molar-refractivity contribution in [2.24, 2.45) is 5.92 Å². The molecule has 128 valence electrons. The number of aliphatic hydroxyl groups is 1. The molecule has 1 aromatic heterocycles. The molecule has 0 radical (unpaired) electrons. The van der Waals surface area contributed by atoms with E-state index >= 15 is 0 Å². The van der Waals surface area contributed by atoms with Gasteiger partial charge in [-0.15, -0.1) is 0 Å². The largest absolute Gasteiger partial charge is 0.472 e. The molecule has 2 rings (SSSR count). The minimum Gasteiger partial charge on any atom is -0.472 e. The van der Waals surface area contributed by atoms with Gasteiger partial charge in [-0.1, -0.05) is 13.8 Å². The number of carbonyl (C=O) groups excluding carboxylic acids is 2. The van der Waals surface area contributed by atoms with E-state index in [1.54, 1.807) is 11.0 Å². The summed E-state index contributed by atoms with van der Waals surface area (Å²) < 4.78 is 4.94. The fourth-order valence-corrected chi connectivity index (χ4v) is 2.81. The highest BCUT2D eigenvalue weighted by molar-refractivity contribution is 5.94. The number of hydrogen-bond acceptors (Lipinski definition) is 4. The van der Waals surface area contributed by atoms with Gasteiger partial charge in [-0.25, -0.2) is 0 Å². The molecule has 2 amide bonds. The van der Waals surface area contributed by atoms with Crippen LogP contribution in [-0.4, -0.2) is 47.1 Å². The Hall–Kier alpha value is -1.82. The summed E-state index contributed by atoms with van der Waals surface area (Å²) in [5.41, 5.74) is -0.281. The molecule has 6 nitrogen and oxygen atoms in total. The number of furan rings is 1. The minimum atomic E-state index is -0.826. The molecule has 1 saturated heterocycles. The third kappa shape index (κ3) is 4.34. The Balaban J connectivity index is 1.80. The van der Waals surface area contributed by atoms with Crippen LogP contribution in [0.15, 0.2) is 23.0 Å². The summed E-state index contributed by atoms with van der Waals surface area (Å²) in [7, 11) is 0. The number of nitrogens with one attached hydrogen (secondary N) is 1. The molecule has 1 aliphatic rings. The maximum atomic E-state index is 12.2. The van der Waals surface area contributed by atoms with Crippen molar-refractivity contribution >= 4 is 11.8 Å². The molecular weight excluding hydrogens is 296 g/mol. The smallest absolute Gasteiger partial charge is 0.257 e. The lowest BCUT2D eigenvalue weighted by Crippen LogP contribution is -2.47. The van der Waals surface area contributed by atoms with E-state index in [9.17, 15) is 14.7 Å². The highest BCUT2D eigenvalue weighted by Gasteiger charge is 2.30. The summed E-state index contributed by atoms with van der Waals surface area (Å²) in [4.78, 5) is 26.2. The average molecular weight is 322 g/mol. The summed E-state index contributed by atoms with van der Waals surface area (Å²) in [6.45, 7) is 5.24. The summed E-state index contributed by atoms with van der Waals surface area (Å²) >= 11 is 0. The quantitative estimate of drug-likeness (QED) is 0.836. The lowest BCUT2D eigenvalue weighted by Gasteiger charge is -2.32. The number of nitrogens with zero attached hydrogens (tertiary/aromatic N) is 1. The first kappa shape index (κ1) is 17.5. The zero-order valence-corrected chi connectivity index (χ0v) is 13.9. The van der Waals surface area contributed by atoms with Gasteiger partial charge in [0.2, 0.25) is 5.91 Å². The predicted molar refractivity (Wildman–Crippen MR) is 85.9 cm³/mol. The second kappa shape index (κ2) is 7.64. The van der Waals surface area contributed by atoms with Gasteiger partial charge in [0.1, 0.15) is 6.26 Å². The van der Waals surface area contributed by atoms with Gasteiger partial charge < -0.3 is 19.7 Å². The SMILES string of the molecule is CCC(O)(CC)CNC(=O)C1CCN(C(=O)c2ccoc2)CC1. The fourth-order valence-electron chi connectivity index (χ4n) is 2.81. The van der Waals surface area contributed by atoms with E-state index in [-0.39, 0.29) is 24.3 Å². The Labute approximate surface area is 136 Å². The third-order valence-electron chi connectivity index (χ3n) is 4.83. The molecular formula is C17H26N2O4. The zero-order valence-electron chi connectivity index (χ0n) is 13.9. The maximum Gasteiger partial charge on any atom is 0.257 e. The second-order valence-corrected chi connectivity index (χ2v) is 6.23. The molecule has 0 aliphatic carbocycles. The van der Waals surface area contributed by atoms with Crippen molar-refractivity contribution in [3.05, 3.63) is 24.2 Å². The molecule has 0 spiro atoms. The normalized spacial score (nSPS) is 16.4. The van der Waals surface area contributed by atoms with Crippen molar-refractivity contribution < 1.29 is 19.1 Å². The van der Waals surface area contributed by atoms with Crippen LogP contribution >= 0.6 is 0 Å². The number of rotatable bonds is 6. The molecule has 0 unspecified atom stereocenters. The number of piperidine rings is 1. The Morgan fingerprint density at radius 1 is 1.35 bits per heavy atom. The first-order valence-corrected chi connectivity index (χ1v) is 8.30. The van der Waals surface area contributed by atoms with Crippen LogP contribution in [0, 0.1) is 5.92 Å². The second-order valence-electron chi connectivity index (χ2n) is 6.23. The maximum absolute atomic E-state index is 12.2. The van der Waals surface area contributed by atoms with E-state index in [4.69, 9.17) is 4.42 Å². The number of carbonyl (C=O) groups is 2. The Bertz CT molecular complexity index is 515. The summed E-state index contributed by atoms with van der Waals surface area (Å²) in [6, 6.07) is 1.65. The van der Waals surface area contributed by atoms with Crippen molar-refractivity contribution in [3.8, 4) is 0 Å². The van der Waals surface area contributed by atoms with Crippen LogP contribution in [-0.2, 0) is 4.79 Å². The van der Waals surface area contributed by atoms with Crippen LogP contribution in [0.25, 0.3) is 0 Å². The van der Waals surface area contributed by atoms with Gasteiger partial charge in [-0.3, -0.25) is 9.59 Å². The van der Waals surface area contributed by atoms with E-state index in [2.05, 4.69) is 5.32 Å². The Morgan fingerprint density at radius 3 is 2.52 bits per heavy atom. The summed E-state index contributed by atoms with van der Waals surface area (Å²) in [6.07, 6.45) is 5.44. The van der Waals surface area contributed by atoms with Crippen LogP contribution in [0.4, 0.5) is 0 Å². The van der Waals surface area contributed by atoms with Gasteiger partial charge in [0, 0.05) is 25.6 Å². The van der Waals surface area contributed by atoms with Crippen molar-refractivity contribution in [2.75, 3.05) is 19.6 Å². The first-order chi connectivity index (χ1) is 11.0. The fraction of sp³-hybridized carbons (Fsp3) is 0.647. The minimum absolute atomic E-state index is 0.0271. The summed E-state index contributed by atoms with van der Waals surface area (Å²) in [5, 5.41) is 13.1. The van der Waals surface area contributed by atoms with Crippen LogP contribution in [0.2, 0.25) is 0 Å². The average Bonchev–Trinajstić information content (AvgIpc) is 3.13. The standard InChI is InChI=1S/C17H26N2O4/c1-3-17(22,4-2)12-18-15(20)13-5-8-19(9-6-13)16(21)14-7-10-23-11-14/h7,10-11,13,22H,3-6,8-9,12H2,1-2H3,(H,18,20). The lowest BCUT2D eigenvalue weighted by atomic mass is 9.94. The van der Waals surface area contributed by atoms with Gasteiger partial charge in [0.05, 0.1) is 17.4 Å². The van der Waals surface area contributed by atoms with Gasteiger partial charge in [-0.05, 0) is 31.7 Å². The molecule has 1 aliphatic heterocycles. The Kier molecular flexibility index (Phi) is 5.82. The first-order valence-electron chi connectivity index (χ1n) is 8.30. The predicted octanol–water partition coefficient (Wildman–Crippen LogP) is 1.80. The highest BCUT2D eigenvalue weighted by atomic mass is 16.3. The molecule has 0 aromatic carbocycles. The highest BCUT2D eigenvalue weighted by Crippen LogP contribution is 2.20. The van der Waals surface area contributed by atoms with Crippen LogP contribution < -0.4 is 5.32 Å². The molecule has 2 heterocycles. The monoisotopic (exact) mass is 322 g/mol. The van der Waals surface area contributed by atoms with E-state index in [1.165, 1.54) is 12.5 Å². The molecule has 1 aromatic rings. The number of likely N-dealkylation sites (tertiary alicyclic amines) is 1. The lowest BCUT2D eigenvalue weighted by molar-refractivity contribution is -0.127. The van der Waals surface area contributed by atoms with Gasteiger partial charge in [0.15, 0.2) is 0 Å². The molecule has 0 bridgehead atoms. The molecule has 6 heteroatoms. The Morgan fingerprint density at radius 2 is 2.00 bits per heavy atom. The van der Waals surface area contributed by atoms with Crippen LogP contribution in [0.3, 0.4) is 0 Å². The number of amides is 2. The van der Waals surface area contributed by atoms with Crippen molar-refractivity contribution in [1.82, 2.24) is 10.2 Å². The van der Waals surface area contributed by atoms with Crippen LogP contribution in [0.5, 0.6) is 0 Å². The molecule has 23 heavy (non-hydrogen) atoms. The van der Waals surface area contributed by atoms with Gasteiger partial charge >= 0.3 is 0 Å². The van der Waals surface area contributed by atoms with E-state index in [0.29, 0.717) is 44.3 Å². The van der Waals surface area contributed by atoms with Gasteiger partial charge in [0.25, 0.3) is 5.91 Å². The number of hydrogen-bond donors (Lipinski definition) is 2. The van der Waals surface area contributed by atoms with E-state index in [1.807, 2.05) is 13.8 Å². The molecule has 0 atom stereocenters. The third-order valence-corrected chi connectivity index (χ3v) is 4.83. The van der Waals surface area contributed by atoms with Crippen molar-refractivity contribution in [1.29, 1.82) is 0 Å².